The van der Waals surface area contributed by atoms with Gasteiger partial charge in [0, 0.05) is 24.2 Å². The molecule has 0 atom stereocenters. The average molecular weight is 236 g/mol. The molecule has 1 aromatic rings. The number of rotatable bonds is 4. The van der Waals surface area contributed by atoms with E-state index in [0.717, 1.165) is 18.4 Å². The Balaban J connectivity index is 2.01. The molecule has 5 nitrogen and oxygen atoms in total. The summed E-state index contributed by atoms with van der Waals surface area (Å²) in [5.41, 5.74) is 1.82. The first-order valence-corrected chi connectivity index (χ1v) is 5.72. The van der Waals surface area contributed by atoms with Gasteiger partial charge >= 0.3 is 0 Å². The largest absolute Gasteiger partial charge is 0.393 e. The highest BCUT2D eigenvalue weighted by Crippen LogP contribution is 2.23. The molecule has 1 fully saturated rings. The third-order valence-electron chi connectivity index (χ3n) is 3.31. The molecule has 0 spiro atoms. The Morgan fingerprint density at radius 1 is 1.53 bits per heavy atom. The van der Waals surface area contributed by atoms with Crippen molar-refractivity contribution in [3.05, 3.63) is 39.4 Å². The summed E-state index contributed by atoms with van der Waals surface area (Å²) in [6.07, 6.45) is 1.36. The van der Waals surface area contributed by atoms with Crippen molar-refractivity contribution in [1.29, 1.82) is 0 Å². The van der Waals surface area contributed by atoms with Crippen molar-refractivity contribution < 1.29 is 10.0 Å². The van der Waals surface area contributed by atoms with Crippen LogP contribution in [0.5, 0.6) is 0 Å². The van der Waals surface area contributed by atoms with Crippen LogP contribution in [0.4, 0.5) is 5.69 Å². The zero-order chi connectivity index (χ0) is 12.4. The van der Waals surface area contributed by atoms with Gasteiger partial charge in [-0.15, -0.1) is 0 Å². The van der Waals surface area contributed by atoms with Crippen LogP contribution in [0.25, 0.3) is 0 Å². The van der Waals surface area contributed by atoms with Gasteiger partial charge in [0.15, 0.2) is 0 Å². The van der Waals surface area contributed by atoms with Crippen LogP contribution in [0.3, 0.4) is 0 Å². The third-order valence-corrected chi connectivity index (χ3v) is 3.31. The predicted molar refractivity (Wildman–Crippen MR) is 63.7 cm³/mol. The predicted octanol–water partition coefficient (Wildman–Crippen LogP) is 1.52. The Morgan fingerprint density at radius 2 is 2.24 bits per heavy atom. The van der Waals surface area contributed by atoms with Crippen molar-refractivity contribution in [1.82, 2.24) is 5.32 Å². The molecule has 2 rings (SSSR count). The molecular weight excluding hydrogens is 220 g/mol. The van der Waals surface area contributed by atoms with E-state index in [-0.39, 0.29) is 16.7 Å². The lowest BCUT2D eigenvalue weighted by atomic mass is 9.89. The normalized spacial score (nSPS) is 23.2. The number of nitrogens with zero attached hydrogens (tertiary/aromatic N) is 1. The number of nitrogens with one attached hydrogen (secondary N) is 1. The smallest absolute Gasteiger partial charge is 0.272 e. The Bertz CT molecular complexity index is 428. The van der Waals surface area contributed by atoms with E-state index in [1.807, 2.05) is 6.07 Å². The van der Waals surface area contributed by atoms with E-state index < -0.39 is 0 Å². The van der Waals surface area contributed by atoms with Crippen LogP contribution in [0.1, 0.15) is 24.0 Å². The first kappa shape index (κ1) is 12.0. The average Bonchev–Trinajstić information content (AvgIpc) is 2.24. The third kappa shape index (κ3) is 2.62. The maximum atomic E-state index is 10.8. The quantitative estimate of drug-likeness (QED) is 0.614. The van der Waals surface area contributed by atoms with E-state index in [9.17, 15) is 10.1 Å². The summed E-state index contributed by atoms with van der Waals surface area (Å²) in [4.78, 5) is 10.4. The van der Waals surface area contributed by atoms with Crippen LogP contribution >= 0.6 is 0 Å². The molecule has 2 N–H and O–H groups in total. The lowest BCUT2D eigenvalue weighted by molar-refractivity contribution is -0.385. The van der Waals surface area contributed by atoms with Crippen LogP contribution < -0.4 is 5.32 Å². The van der Waals surface area contributed by atoms with Gasteiger partial charge in [0.1, 0.15) is 0 Å². The lowest BCUT2D eigenvalue weighted by Crippen LogP contribution is -2.43. The Hall–Kier alpha value is -1.46. The minimum atomic E-state index is -0.355. The molecular formula is C12H16N2O3. The van der Waals surface area contributed by atoms with Crippen molar-refractivity contribution in [2.75, 3.05) is 0 Å². The highest BCUT2D eigenvalue weighted by Gasteiger charge is 2.26. The molecule has 1 aliphatic carbocycles. The monoisotopic (exact) mass is 236 g/mol. The molecule has 1 saturated carbocycles. The molecule has 0 amide bonds. The molecule has 0 aromatic heterocycles. The van der Waals surface area contributed by atoms with Crippen molar-refractivity contribution in [2.24, 2.45) is 0 Å². The van der Waals surface area contributed by atoms with E-state index >= 15 is 0 Å². The summed E-state index contributed by atoms with van der Waals surface area (Å²) in [6.45, 7) is 2.38. The Labute approximate surface area is 99.6 Å². The minimum absolute atomic E-state index is 0.165. The van der Waals surface area contributed by atoms with Gasteiger partial charge in [-0.3, -0.25) is 10.1 Å². The van der Waals surface area contributed by atoms with Gasteiger partial charge in [-0.1, -0.05) is 12.1 Å². The van der Waals surface area contributed by atoms with Crippen molar-refractivity contribution in [3.8, 4) is 0 Å². The molecule has 17 heavy (non-hydrogen) atoms. The maximum absolute atomic E-state index is 10.8. The van der Waals surface area contributed by atoms with E-state index in [4.69, 9.17) is 5.11 Å². The van der Waals surface area contributed by atoms with E-state index in [1.165, 1.54) is 6.07 Å². The van der Waals surface area contributed by atoms with E-state index in [2.05, 4.69) is 5.32 Å². The standard InChI is InChI=1S/C12H16N2O3/c1-8-9(3-2-4-12(8)14(16)17)7-13-10-5-11(15)6-10/h2-4,10-11,13,15H,5-7H2,1H3. The first-order valence-electron chi connectivity index (χ1n) is 5.72. The number of hydrogen-bond acceptors (Lipinski definition) is 4. The Morgan fingerprint density at radius 3 is 2.82 bits per heavy atom. The van der Waals surface area contributed by atoms with Crippen molar-refractivity contribution in [3.63, 3.8) is 0 Å². The van der Waals surface area contributed by atoms with Crippen LogP contribution in [0, 0.1) is 17.0 Å². The molecule has 0 aliphatic heterocycles. The molecule has 0 heterocycles. The van der Waals surface area contributed by atoms with Gasteiger partial charge in [-0.25, -0.2) is 0 Å². The number of aliphatic hydroxyl groups excluding tert-OH is 1. The topological polar surface area (TPSA) is 75.4 Å². The summed E-state index contributed by atoms with van der Waals surface area (Å²) in [6, 6.07) is 5.46. The minimum Gasteiger partial charge on any atom is -0.393 e. The van der Waals surface area contributed by atoms with E-state index in [1.54, 1.807) is 13.0 Å². The number of hydrogen-bond donors (Lipinski definition) is 2. The summed E-state index contributed by atoms with van der Waals surface area (Å²) >= 11 is 0. The molecule has 92 valence electrons. The first-order chi connectivity index (χ1) is 8.08. The van der Waals surface area contributed by atoms with Gasteiger partial charge < -0.3 is 10.4 Å². The fraction of sp³-hybridized carbons (Fsp3) is 0.500. The summed E-state index contributed by atoms with van der Waals surface area (Å²) in [7, 11) is 0. The van der Waals surface area contributed by atoms with Crippen LogP contribution in [-0.2, 0) is 6.54 Å². The van der Waals surface area contributed by atoms with E-state index in [0.29, 0.717) is 18.2 Å². The zero-order valence-corrected chi connectivity index (χ0v) is 9.72. The fourth-order valence-electron chi connectivity index (χ4n) is 2.07. The molecule has 0 saturated heterocycles. The fourth-order valence-corrected chi connectivity index (χ4v) is 2.07. The Kier molecular flexibility index (Phi) is 3.40. The van der Waals surface area contributed by atoms with Gasteiger partial charge in [0.05, 0.1) is 11.0 Å². The second-order valence-corrected chi connectivity index (χ2v) is 4.52. The molecule has 0 unspecified atom stereocenters. The second-order valence-electron chi connectivity index (χ2n) is 4.52. The van der Waals surface area contributed by atoms with Crippen LogP contribution in [-0.4, -0.2) is 22.2 Å². The number of nitro groups is 1. The van der Waals surface area contributed by atoms with Crippen molar-refractivity contribution >= 4 is 5.69 Å². The second kappa shape index (κ2) is 4.81. The summed E-state index contributed by atoms with van der Waals surface area (Å²) < 4.78 is 0. The SMILES string of the molecule is Cc1c(CNC2CC(O)C2)cccc1[N+](=O)[O-]. The highest BCUT2D eigenvalue weighted by molar-refractivity contribution is 5.44. The summed E-state index contributed by atoms with van der Waals surface area (Å²) in [5.74, 6) is 0. The molecule has 0 radical (unpaired) electrons. The number of aliphatic hydroxyl groups is 1. The zero-order valence-electron chi connectivity index (χ0n) is 9.72. The number of benzene rings is 1. The van der Waals surface area contributed by atoms with Crippen LogP contribution in [0.2, 0.25) is 0 Å². The van der Waals surface area contributed by atoms with Gasteiger partial charge in [0.2, 0.25) is 0 Å². The maximum Gasteiger partial charge on any atom is 0.272 e. The molecule has 1 aromatic carbocycles. The van der Waals surface area contributed by atoms with Gasteiger partial charge in [0.25, 0.3) is 5.69 Å². The van der Waals surface area contributed by atoms with Crippen LogP contribution in [0.15, 0.2) is 18.2 Å². The number of nitro benzene ring substituents is 1. The summed E-state index contributed by atoms with van der Waals surface area (Å²) in [5, 5.41) is 23.2. The van der Waals surface area contributed by atoms with Crippen molar-refractivity contribution in [2.45, 2.75) is 38.5 Å². The van der Waals surface area contributed by atoms with Gasteiger partial charge in [-0.05, 0) is 25.3 Å². The molecule has 1 aliphatic rings. The highest BCUT2D eigenvalue weighted by atomic mass is 16.6. The molecule has 0 bridgehead atoms. The molecule has 5 heteroatoms. The lowest BCUT2D eigenvalue weighted by Gasteiger charge is -2.32. The van der Waals surface area contributed by atoms with Gasteiger partial charge in [-0.2, -0.15) is 0 Å².